The summed E-state index contributed by atoms with van der Waals surface area (Å²) in [7, 11) is 1.60. The number of anilines is 1. The SMILES string of the molecule is CCCCn1c(=O)c2sccc2n2c(CCC(=O)Nc3ccc(OC)cc3)nnc12. The second-order valence-corrected chi connectivity index (χ2v) is 7.89. The van der Waals surface area contributed by atoms with Crippen LogP contribution in [0.5, 0.6) is 5.75 Å². The van der Waals surface area contributed by atoms with Gasteiger partial charge in [0, 0.05) is 25.1 Å². The van der Waals surface area contributed by atoms with Gasteiger partial charge in [0.25, 0.3) is 5.56 Å². The Kier molecular flexibility index (Phi) is 5.80. The molecule has 3 heterocycles. The van der Waals surface area contributed by atoms with Gasteiger partial charge in [0.2, 0.25) is 11.7 Å². The fourth-order valence-corrected chi connectivity index (χ4v) is 4.21. The van der Waals surface area contributed by atoms with Crippen molar-refractivity contribution in [2.24, 2.45) is 0 Å². The number of aromatic nitrogens is 4. The first-order valence-corrected chi connectivity index (χ1v) is 10.8. The molecule has 30 heavy (non-hydrogen) atoms. The lowest BCUT2D eigenvalue weighted by Gasteiger charge is -2.09. The summed E-state index contributed by atoms with van der Waals surface area (Å²) >= 11 is 1.42. The van der Waals surface area contributed by atoms with Gasteiger partial charge in [0.05, 0.1) is 12.6 Å². The molecule has 0 radical (unpaired) electrons. The molecule has 9 heteroatoms. The quantitative estimate of drug-likeness (QED) is 0.467. The van der Waals surface area contributed by atoms with Crippen molar-refractivity contribution < 1.29 is 9.53 Å². The number of amides is 1. The lowest BCUT2D eigenvalue weighted by atomic mass is 10.2. The van der Waals surface area contributed by atoms with Crippen molar-refractivity contribution >= 4 is 38.9 Å². The Morgan fingerprint density at radius 1 is 1.20 bits per heavy atom. The first kappa shape index (κ1) is 20.1. The predicted octanol–water partition coefficient (Wildman–Crippen LogP) is 3.49. The van der Waals surface area contributed by atoms with E-state index in [0.717, 1.165) is 24.1 Å². The average molecular weight is 426 g/mol. The third kappa shape index (κ3) is 3.80. The van der Waals surface area contributed by atoms with E-state index in [1.165, 1.54) is 11.3 Å². The van der Waals surface area contributed by atoms with Crippen molar-refractivity contribution in [2.75, 3.05) is 12.4 Å². The zero-order chi connectivity index (χ0) is 21.1. The van der Waals surface area contributed by atoms with Crippen LogP contribution in [-0.2, 0) is 17.8 Å². The molecule has 0 aliphatic rings. The van der Waals surface area contributed by atoms with E-state index in [9.17, 15) is 9.59 Å². The van der Waals surface area contributed by atoms with Crippen molar-refractivity contribution in [2.45, 2.75) is 39.2 Å². The number of hydrogen-bond donors (Lipinski definition) is 1. The number of carbonyl (C=O) groups excluding carboxylic acids is 1. The Labute approximate surface area is 177 Å². The van der Waals surface area contributed by atoms with Crippen LogP contribution < -0.4 is 15.6 Å². The van der Waals surface area contributed by atoms with E-state index >= 15 is 0 Å². The maximum atomic E-state index is 12.9. The van der Waals surface area contributed by atoms with E-state index < -0.39 is 0 Å². The minimum absolute atomic E-state index is 0.0304. The fourth-order valence-electron chi connectivity index (χ4n) is 3.38. The number of fused-ring (bicyclic) bond motifs is 3. The Morgan fingerprint density at radius 3 is 2.73 bits per heavy atom. The summed E-state index contributed by atoms with van der Waals surface area (Å²) in [6.07, 6.45) is 2.54. The Morgan fingerprint density at radius 2 is 2.00 bits per heavy atom. The fraction of sp³-hybridized carbons (Fsp3) is 0.333. The molecule has 4 aromatic rings. The first-order chi connectivity index (χ1) is 14.6. The van der Waals surface area contributed by atoms with E-state index in [1.807, 2.05) is 15.8 Å². The highest BCUT2D eigenvalue weighted by Gasteiger charge is 2.17. The molecular formula is C21H23N5O3S. The zero-order valence-electron chi connectivity index (χ0n) is 16.9. The lowest BCUT2D eigenvalue weighted by molar-refractivity contribution is -0.116. The average Bonchev–Trinajstić information content (AvgIpc) is 3.40. The van der Waals surface area contributed by atoms with Gasteiger partial charge >= 0.3 is 0 Å². The molecule has 0 unspecified atom stereocenters. The number of benzene rings is 1. The summed E-state index contributed by atoms with van der Waals surface area (Å²) in [5.41, 5.74) is 1.47. The van der Waals surface area contributed by atoms with Gasteiger partial charge in [0.15, 0.2) is 0 Å². The van der Waals surface area contributed by atoms with Gasteiger partial charge in [-0.3, -0.25) is 18.6 Å². The van der Waals surface area contributed by atoms with E-state index in [0.29, 0.717) is 35.0 Å². The maximum absolute atomic E-state index is 12.9. The van der Waals surface area contributed by atoms with Gasteiger partial charge in [-0.25, -0.2) is 0 Å². The molecule has 4 rings (SSSR count). The van der Waals surface area contributed by atoms with Crippen LogP contribution in [-0.4, -0.2) is 32.2 Å². The highest BCUT2D eigenvalue weighted by Crippen LogP contribution is 2.21. The van der Waals surface area contributed by atoms with E-state index in [-0.39, 0.29) is 17.9 Å². The van der Waals surface area contributed by atoms with Crippen LogP contribution in [0, 0.1) is 0 Å². The summed E-state index contributed by atoms with van der Waals surface area (Å²) in [4.78, 5) is 25.3. The van der Waals surface area contributed by atoms with Gasteiger partial charge in [-0.2, -0.15) is 0 Å². The van der Waals surface area contributed by atoms with Gasteiger partial charge < -0.3 is 10.1 Å². The number of carbonyl (C=O) groups is 1. The van der Waals surface area contributed by atoms with Crippen molar-refractivity contribution in [3.05, 3.63) is 51.9 Å². The maximum Gasteiger partial charge on any atom is 0.272 e. The molecule has 0 saturated carbocycles. The molecule has 0 aliphatic heterocycles. The molecule has 0 aliphatic carbocycles. The lowest BCUT2D eigenvalue weighted by Crippen LogP contribution is -2.23. The third-order valence-electron chi connectivity index (χ3n) is 4.96. The minimum atomic E-state index is -0.113. The van der Waals surface area contributed by atoms with Gasteiger partial charge in [-0.05, 0) is 42.1 Å². The number of aryl methyl sites for hydroxylation is 2. The van der Waals surface area contributed by atoms with Gasteiger partial charge in [-0.15, -0.1) is 21.5 Å². The second-order valence-electron chi connectivity index (χ2n) is 6.97. The topological polar surface area (TPSA) is 90.5 Å². The van der Waals surface area contributed by atoms with Crippen LogP contribution in [0.3, 0.4) is 0 Å². The van der Waals surface area contributed by atoms with Crippen LogP contribution in [0.1, 0.15) is 32.0 Å². The summed E-state index contributed by atoms with van der Waals surface area (Å²) in [5, 5.41) is 13.4. The number of nitrogens with zero attached hydrogens (tertiary/aromatic N) is 4. The van der Waals surface area contributed by atoms with Gasteiger partial charge in [-0.1, -0.05) is 13.3 Å². The van der Waals surface area contributed by atoms with E-state index in [4.69, 9.17) is 4.74 Å². The highest BCUT2D eigenvalue weighted by molar-refractivity contribution is 7.17. The van der Waals surface area contributed by atoms with Gasteiger partial charge in [0.1, 0.15) is 16.3 Å². The van der Waals surface area contributed by atoms with Crippen LogP contribution in [0.15, 0.2) is 40.5 Å². The zero-order valence-corrected chi connectivity index (χ0v) is 17.7. The normalized spacial score (nSPS) is 11.3. The molecule has 0 atom stereocenters. The summed E-state index contributed by atoms with van der Waals surface area (Å²) in [6, 6.07) is 9.09. The number of rotatable bonds is 8. The van der Waals surface area contributed by atoms with Crippen LogP contribution in [0.2, 0.25) is 0 Å². The summed E-state index contributed by atoms with van der Waals surface area (Å²) in [5.74, 6) is 1.82. The van der Waals surface area contributed by atoms with Crippen LogP contribution in [0.25, 0.3) is 16.0 Å². The smallest absolute Gasteiger partial charge is 0.272 e. The first-order valence-electron chi connectivity index (χ1n) is 9.90. The number of unbranched alkanes of at least 4 members (excludes halogenated alkanes) is 1. The second kappa shape index (κ2) is 8.66. The number of thiophene rings is 1. The molecule has 0 fully saturated rings. The summed E-state index contributed by atoms with van der Waals surface area (Å²) in [6.45, 7) is 2.69. The highest BCUT2D eigenvalue weighted by atomic mass is 32.1. The molecule has 3 aromatic heterocycles. The molecule has 1 N–H and O–H groups in total. The third-order valence-corrected chi connectivity index (χ3v) is 5.86. The number of ether oxygens (including phenoxy) is 1. The minimum Gasteiger partial charge on any atom is -0.497 e. The molecule has 0 bridgehead atoms. The van der Waals surface area contributed by atoms with Crippen molar-refractivity contribution in [3.8, 4) is 5.75 Å². The standard InChI is InChI=1S/C21H23N5O3S/c1-3-4-12-25-20(28)19-16(11-13-30-19)26-17(23-24-21(25)26)9-10-18(27)22-14-5-7-15(29-2)8-6-14/h5-8,11,13H,3-4,9-10,12H2,1-2H3,(H,22,27). The van der Waals surface area contributed by atoms with E-state index in [2.05, 4.69) is 22.4 Å². The molecular weight excluding hydrogens is 402 g/mol. The Bertz CT molecular complexity index is 1240. The van der Waals surface area contributed by atoms with E-state index in [1.54, 1.807) is 35.9 Å². The van der Waals surface area contributed by atoms with Crippen molar-refractivity contribution in [1.82, 2.24) is 19.2 Å². The molecule has 0 saturated heterocycles. The predicted molar refractivity (Wildman–Crippen MR) is 117 cm³/mol. The van der Waals surface area contributed by atoms with Crippen LogP contribution >= 0.6 is 11.3 Å². The molecule has 0 spiro atoms. The van der Waals surface area contributed by atoms with Crippen molar-refractivity contribution in [1.29, 1.82) is 0 Å². The molecule has 1 amide bonds. The summed E-state index contributed by atoms with van der Waals surface area (Å²) < 4.78 is 9.41. The largest absolute Gasteiger partial charge is 0.497 e. The molecule has 156 valence electrons. The molecule has 1 aromatic carbocycles. The Hall–Kier alpha value is -3.20. The van der Waals surface area contributed by atoms with Crippen molar-refractivity contribution in [3.63, 3.8) is 0 Å². The number of nitrogens with one attached hydrogen (secondary N) is 1. The number of methoxy groups -OCH3 is 1. The number of hydrogen-bond acceptors (Lipinski definition) is 6. The molecule has 8 nitrogen and oxygen atoms in total. The van der Waals surface area contributed by atoms with Crippen LogP contribution in [0.4, 0.5) is 5.69 Å². The Balaban J connectivity index is 1.58. The monoisotopic (exact) mass is 425 g/mol.